The largest absolute Gasteiger partial charge is 0.381 e. The highest BCUT2D eigenvalue weighted by Crippen LogP contribution is 2.41. The quantitative estimate of drug-likeness (QED) is 0.0450. The number of benzene rings is 4. The number of hydrogen-bond acceptors (Lipinski definition) is 11. The van der Waals surface area contributed by atoms with Crippen molar-refractivity contribution in [3.63, 3.8) is 0 Å². The van der Waals surface area contributed by atoms with Crippen LogP contribution in [0.15, 0.2) is 97.1 Å². The number of H-pyrrole nitrogens is 2. The molecule has 4 aliphatic rings. The minimum Gasteiger partial charge on any atom is -0.381 e. The van der Waals surface area contributed by atoms with Crippen LogP contribution in [0.1, 0.15) is 115 Å². The lowest BCUT2D eigenvalue weighted by Gasteiger charge is -2.39. The molecule has 6 aromatic rings. The molecule has 6 amide bonds. The molecule has 10 rings (SSSR count). The van der Waals surface area contributed by atoms with E-state index in [9.17, 15) is 28.8 Å². The Balaban J connectivity index is 0.697. The van der Waals surface area contributed by atoms with Crippen LogP contribution in [0.2, 0.25) is 0 Å². The summed E-state index contributed by atoms with van der Waals surface area (Å²) in [6.45, 7) is 5.44. The van der Waals surface area contributed by atoms with Crippen molar-refractivity contribution >= 4 is 57.5 Å². The van der Waals surface area contributed by atoms with Crippen molar-refractivity contribution < 1.29 is 33.5 Å². The number of fused-ring (bicyclic) bond motifs is 4. The summed E-state index contributed by atoms with van der Waals surface area (Å²) >= 11 is 0. The number of carbonyl (C=O) groups excluding carboxylic acids is 6. The number of ether oxygens (including phenoxy) is 1. The van der Waals surface area contributed by atoms with Gasteiger partial charge >= 0.3 is 0 Å². The number of aromatic nitrogens is 4. The molecule has 19 heteroatoms. The molecule has 2 aromatic heterocycles. The highest BCUT2D eigenvalue weighted by molar-refractivity contribution is 5.95. The van der Waals surface area contributed by atoms with E-state index < -0.39 is 24.2 Å². The lowest BCUT2D eigenvalue weighted by Crippen LogP contribution is -2.60. The molecule has 0 saturated carbocycles. The number of hydrogen-bond donors (Lipinski definition) is 6. The third-order valence-corrected chi connectivity index (χ3v) is 17.1. The van der Waals surface area contributed by atoms with Crippen molar-refractivity contribution in [2.24, 2.45) is 0 Å². The monoisotopic (exact) mass is 1100 g/mol. The second-order valence-electron chi connectivity index (χ2n) is 22.3. The third kappa shape index (κ3) is 12.7. The first-order valence-corrected chi connectivity index (χ1v) is 29.2. The summed E-state index contributed by atoms with van der Waals surface area (Å²) in [6, 6.07) is 28.5. The molecule has 0 spiro atoms. The molecular formula is C62H78N12O7. The van der Waals surface area contributed by atoms with Crippen molar-refractivity contribution in [2.45, 2.75) is 139 Å². The second kappa shape index (κ2) is 26.0. The molecule has 4 fully saturated rings. The molecule has 4 aromatic carbocycles. The first-order valence-electron chi connectivity index (χ1n) is 29.2. The van der Waals surface area contributed by atoms with Crippen molar-refractivity contribution in [3.8, 4) is 22.3 Å². The minimum atomic E-state index is -0.934. The maximum atomic E-state index is 14.7. The van der Waals surface area contributed by atoms with E-state index in [0.29, 0.717) is 77.7 Å². The van der Waals surface area contributed by atoms with Gasteiger partial charge in [-0.3, -0.25) is 28.8 Å². The lowest BCUT2D eigenvalue weighted by molar-refractivity contribution is -0.144. The number of nitrogens with zero attached hydrogens (tertiary/aromatic N) is 6. The first-order chi connectivity index (χ1) is 39.4. The summed E-state index contributed by atoms with van der Waals surface area (Å²) in [5, 5.41) is 11.9. The Morgan fingerprint density at radius 1 is 0.580 bits per heavy atom. The van der Waals surface area contributed by atoms with E-state index in [1.54, 1.807) is 37.7 Å². The van der Waals surface area contributed by atoms with Gasteiger partial charge in [-0.2, -0.15) is 0 Å². The predicted molar refractivity (Wildman–Crippen MR) is 310 cm³/mol. The van der Waals surface area contributed by atoms with Crippen LogP contribution >= 0.6 is 0 Å². The smallest absolute Gasteiger partial charge is 0.247 e. The van der Waals surface area contributed by atoms with Gasteiger partial charge in [0, 0.05) is 75.4 Å². The Kier molecular flexibility index (Phi) is 18.2. The van der Waals surface area contributed by atoms with Gasteiger partial charge in [0.2, 0.25) is 35.4 Å². The van der Waals surface area contributed by atoms with Crippen LogP contribution in [0.5, 0.6) is 0 Å². The van der Waals surface area contributed by atoms with Crippen molar-refractivity contribution in [2.75, 3.05) is 53.5 Å². The molecule has 0 unspecified atom stereocenters. The van der Waals surface area contributed by atoms with E-state index in [0.717, 1.165) is 68.8 Å². The average Bonchev–Trinajstić information content (AvgIpc) is 4.35. The van der Waals surface area contributed by atoms with Gasteiger partial charge in [0.25, 0.3) is 0 Å². The zero-order chi connectivity index (χ0) is 56.6. The van der Waals surface area contributed by atoms with Crippen molar-refractivity contribution in [1.29, 1.82) is 0 Å². The van der Waals surface area contributed by atoms with Crippen LogP contribution in [-0.4, -0.2) is 165 Å². The fourth-order valence-corrected chi connectivity index (χ4v) is 12.3. The number of carbonyl (C=O) groups is 6. The van der Waals surface area contributed by atoms with E-state index in [4.69, 9.17) is 14.7 Å². The third-order valence-electron chi connectivity index (χ3n) is 17.1. The van der Waals surface area contributed by atoms with Crippen LogP contribution in [0, 0.1) is 0 Å². The van der Waals surface area contributed by atoms with E-state index in [-0.39, 0.29) is 85.5 Å². The van der Waals surface area contributed by atoms with Crippen molar-refractivity contribution in [1.82, 2.24) is 60.8 Å². The summed E-state index contributed by atoms with van der Waals surface area (Å²) in [5.41, 5.74) is 7.64. The molecule has 8 atom stereocenters. The molecule has 6 heterocycles. The normalized spacial score (nSPS) is 22.2. The molecule has 0 bridgehead atoms. The Morgan fingerprint density at radius 2 is 1.07 bits per heavy atom. The van der Waals surface area contributed by atoms with Crippen LogP contribution < -0.4 is 21.3 Å². The van der Waals surface area contributed by atoms with E-state index in [1.165, 1.54) is 0 Å². The van der Waals surface area contributed by atoms with Gasteiger partial charge in [0.05, 0.1) is 46.2 Å². The van der Waals surface area contributed by atoms with Gasteiger partial charge in [-0.15, -0.1) is 0 Å². The van der Waals surface area contributed by atoms with Gasteiger partial charge in [-0.05, 0) is 115 Å². The molecule has 4 saturated heterocycles. The Hall–Kier alpha value is -7.48. The zero-order valence-electron chi connectivity index (χ0n) is 47.1. The standard InChI is InChI=1S/C62H78N12O7/c1-39(63-3)59(77)67-49-37-71(33-31-43-27-29-51(73(43)61(49)79)57-65-47-23-15-21-45(55(47)69-57)41-17-7-5-8-18-41)53(75)25-11-13-35-81-36-14-12-26-54(76)72-34-32-44-28-30-52(74(44)62(80)50(38-72)68-60(78)40(2)64-4)58-66-48-24-16-22-46(56(48)70-58)42-19-9-6-10-20-42/h5-10,15-24,39-40,43-44,49-52,63-64H,11-14,25-38H2,1-4H3,(H,65,69)(H,66,70)(H,67,77)(H,68,78)/t39-,40-,43+,44+,49-,50-,51-,52-/m0/s1. The van der Waals surface area contributed by atoms with Crippen LogP contribution in [-0.2, 0) is 33.5 Å². The summed E-state index contributed by atoms with van der Waals surface area (Å²) in [4.78, 5) is 108. The number of para-hydroxylation sites is 2. The predicted octanol–water partition coefficient (Wildman–Crippen LogP) is 6.54. The van der Waals surface area contributed by atoms with E-state index >= 15 is 0 Å². The number of likely N-dealkylation sites (N-methyl/N-ethyl adjacent to an activating group) is 2. The maximum Gasteiger partial charge on any atom is 0.247 e. The lowest BCUT2D eigenvalue weighted by atomic mass is 10.0. The van der Waals surface area contributed by atoms with Gasteiger partial charge in [0.1, 0.15) is 23.7 Å². The fourth-order valence-electron chi connectivity index (χ4n) is 12.3. The van der Waals surface area contributed by atoms with Crippen LogP contribution in [0.3, 0.4) is 0 Å². The van der Waals surface area contributed by atoms with Crippen LogP contribution in [0.4, 0.5) is 0 Å². The molecule has 81 heavy (non-hydrogen) atoms. The number of nitrogens with one attached hydrogen (secondary N) is 6. The van der Waals surface area contributed by atoms with Crippen LogP contribution in [0.25, 0.3) is 44.3 Å². The Bertz CT molecular complexity index is 2980. The Morgan fingerprint density at radius 3 is 1.60 bits per heavy atom. The number of unbranched alkanes of at least 4 members (excludes halogenated alkanes) is 2. The summed E-state index contributed by atoms with van der Waals surface area (Å²) in [5.74, 6) is 0.243. The van der Waals surface area contributed by atoms with Crippen molar-refractivity contribution in [3.05, 3.63) is 109 Å². The Labute approximate surface area is 473 Å². The average molecular weight is 1100 g/mol. The van der Waals surface area contributed by atoms with E-state index in [2.05, 4.69) is 67.6 Å². The molecule has 428 valence electrons. The topological polar surface area (TPSA) is 230 Å². The second-order valence-corrected chi connectivity index (χ2v) is 22.3. The number of imidazole rings is 2. The number of aromatic amines is 2. The highest BCUT2D eigenvalue weighted by atomic mass is 16.5. The fraction of sp³-hybridized carbons (Fsp3) is 0.484. The summed E-state index contributed by atoms with van der Waals surface area (Å²) in [6.07, 6.45) is 7.20. The van der Waals surface area contributed by atoms with Gasteiger partial charge in [-0.1, -0.05) is 84.9 Å². The minimum absolute atomic E-state index is 0.0653. The molecule has 0 radical (unpaired) electrons. The van der Waals surface area contributed by atoms with E-state index in [1.807, 2.05) is 70.5 Å². The molecule has 0 aliphatic carbocycles. The van der Waals surface area contributed by atoms with Gasteiger partial charge < -0.3 is 55.6 Å². The number of amides is 6. The molecule has 4 aliphatic heterocycles. The molecule has 19 nitrogen and oxygen atoms in total. The summed E-state index contributed by atoms with van der Waals surface area (Å²) in [7, 11) is 3.39. The highest BCUT2D eigenvalue weighted by Gasteiger charge is 2.46. The zero-order valence-corrected chi connectivity index (χ0v) is 47.1. The first kappa shape index (κ1) is 56.8. The SMILES string of the molecule is CN[C@@H](C)C(=O)N[C@H]1CN(C(=O)CCCCOCCCCC(=O)N2CC[C@H]3CC[C@@H](c4nc5cccc(-c6ccccc6)c5[nH]4)N3C(=O)[C@@H](NC(=O)[C@H](C)NC)C2)CC[C@H]2CC[C@@H](c3nc4c(-c5ccccc5)cccc4[nH]3)N2C1=O. The maximum absolute atomic E-state index is 14.7. The van der Waals surface area contributed by atoms with Gasteiger partial charge in [0.15, 0.2) is 0 Å². The molecular weight excluding hydrogens is 1020 g/mol. The number of rotatable bonds is 20. The van der Waals surface area contributed by atoms with Gasteiger partial charge in [-0.25, -0.2) is 9.97 Å². The molecule has 6 N–H and O–H groups in total. The summed E-state index contributed by atoms with van der Waals surface area (Å²) < 4.78 is 5.99.